The average molecular weight is 177 g/mol. The van der Waals surface area contributed by atoms with E-state index < -0.39 is 0 Å². The Bertz CT molecular complexity index is 293. The minimum absolute atomic E-state index is 0.146. The van der Waals surface area contributed by atoms with Crippen molar-refractivity contribution in [2.75, 3.05) is 0 Å². The van der Waals surface area contributed by atoms with Crippen LogP contribution in [-0.2, 0) is 4.74 Å². The van der Waals surface area contributed by atoms with Crippen molar-refractivity contribution in [2.45, 2.75) is 25.4 Å². The average Bonchev–Trinajstić information content (AvgIpc) is 2.12. The second kappa shape index (κ2) is 3.56. The lowest BCUT2D eigenvalue weighted by Crippen LogP contribution is -2.25. The van der Waals surface area contributed by atoms with Crippen molar-refractivity contribution < 1.29 is 9.53 Å². The molecule has 0 spiro atoms. The third-order valence-electron chi connectivity index (χ3n) is 2.22. The Hall–Kier alpha value is -1.38. The summed E-state index contributed by atoms with van der Waals surface area (Å²) < 4.78 is 5.19. The molecule has 0 aliphatic heterocycles. The van der Waals surface area contributed by atoms with Gasteiger partial charge in [0.05, 0.1) is 5.56 Å². The number of esters is 1. The number of nitrogens with zero attached hydrogens (tertiary/aromatic N) is 1. The Morgan fingerprint density at radius 2 is 2.38 bits per heavy atom. The summed E-state index contributed by atoms with van der Waals surface area (Å²) in [7, 11) is 0. The maximum Gasteiger partial charge on any atom is 0.339 e. The number of carbonyl (C=O) groups excluding carboxylic acids is 1. The van der Waals surface area contributed by atoms with Gasteiger partial charge in [0, 0.05) is 12.4 Å². The fraction of sp³-hybridized carbons (Fsp3) is 0.400. The second-order valence-corrected chi connectivity index (χ2v) is 3.20. The van der Waals surface area contributed by atoms with Gasteiger partial charge in [-0.05, 0) is 31.4 Å². The van der Waals surface area contributed by atoms with E-state index in [-0.39, 0.29) is 12.1 Å². The van der Waals surface area contributed by atoms with Gasteiger partial charge >= 0.3 is 5.97 Å². The number of rotatable bonds is 2. The SMILES string of the molecule is O=C(OC1CCC1)c1cccnc1. The molecular weight excluding hydrogens is 166 g/mol. The van der Waals surface area contributed by atoms with Gasteiger partial charge in [0.2, 0.25) is 0 Å². The Balaban J connectivity index is 1.97. The van der Waals surface area contributed by atoms with Gasteiger partial charge in [-0.1, -0.05) is 0 Å². The third-order valence-corrected chi connectivity index (χ3v) is 2.22. The fourth-order valence-electron chi connectivity index (χ4n) is 1.19. The van der Waals surface area contributed by atoms with Crippen LogP contribution in [0.1, 0.15) is 29.6 Å². The molecule has 0 saturated heterocycles. The van der Waals surface area contributed by atoms with Gasteiger partial charge in [-0.15, -0.1) is 0 Å². The molecule has 1 aromatic heterocycles. The lowest BCUT2D eigenvalue weighted by molar-refractivity contribution is 0.00897. The van der Waals surface area contributed by atoms with Crippen LogP contribution in [-0.4, -0.2) is 17.1 Å². The molecule has 13 heavy (non-hydrogen) atoms. The quantitative estimate of drug-likeness (QED) is 0.646. The highest BCUT2D eigenvalue weighted by Crippen LogP contribution is 2.22. The van der Waals surface area contributed by atoms with Gasteiger partial charge in [-0.2, -0.15) is 0 Å². The predicted octanol–water partition coefficient (Wildman–Crippen LogP) is 1.79. The predicted molar refractivity (Wildman–Crippen MR) is 47.3 cm³/mol. The van der Waals surface area contributed by atoms with Crippen LogP contribution in [0.4, 0.5) is 0 Å². The van der Waals surface area contributed by atoms with Gasteiger partial charge in [-0.25, -0.2) is 4.79 Å². The van der Waals surface area contributed by atoms with Crippen molar-refractivity contribution in [2.24, 2.45) is 0 Å². The Morgan fingerprint density at radius 3 is 2.92 bits per heavy atom. The van der Waals surface area contributed by atoms with E-state index in [1.807, 2.05) is 0 Å². The molecule has 1 fully saturated rings. The second-order valence-electron chi connectivity index (χ2n) is 3.20. The molecule has 1 heterocycles. The van der Waals surface area contributed by atoms with Crippen LogP contribution in [0.15, 0.2) is 24.5 Å². The van der Waals surface area contributed by atoms with Gasteiger partial charge in [-0.3, -0.25) is 4.98 Å². The molecule has 0 aromatic carbocycles. The largest absolute Gasteiger partial charge is 0.459 e. The summed E-state index contributed by atoms with van der Waals surface area (Å²) in [6, 6.07) is 3.45. The Kier molecular flexibility index (Phi) is 2.25. The Labute approximate surface area is 76.7 Å². The molecule has 1 aliphatic carbocycles. The van der Waals surface area contributed by atoms with Crippen LogP contribution < -0.4 is 0 Å². The van der Waals surface area contributed by atoms with Gasteiger partial charge < -0.3 is 4.74 Å². The van der Waals surface area contributed by atoms with Gasteiger partial charge in [0.15, 0.2) is 0 Å². The fourth-order valence-corrected chi connectivity index (χ4v) is 1.19. The van der Waals surface area contributed by atoms with E-state index in [1.54, 1.807) is 18.3 Å². The van der Waals surface area contributed by atoms with Crippen LogP contribution in [0.25, 0.3) is 0 Å². The normalized spacial score (nSPS) is 16.3. The summed E-state index contributed by atoms with van der Waals surface area (Å²) >= 11 is 0. The first-order valence-corrected chi connectivity index (χ1v) is 4.47. The molecule has 3 nitrogen and oxygen atoms in total. The van der Waals surface area contributed by atoms with Crippen molar-refractivity contribution >= 4 is 5.97 Å². The summed E-state index contributed by atoms with van der Waals surface area (Å²) in [5.74, 6) is -0.252. The van der Waals surface area contributed by atoms with Crippen molar-refractivity contribution in [3.63, 3.8) is 0 Å². The maximum absolute atomic E-state index is 11.4. The van der Waals surface area contributed by atoms with E-state index in [0.29, 0.717) is 5.56 Å². The number of carbonyl (C=O) groups is 1. The van der Waals surface area contributed by atoms with Crippen LogP contribution >= 0.6 is 0 Å². The van der Waals surface area contributed by atoms with E-state index in [4.69, 9.17) is 4.74 Å². The molecule has 1 aromatic rings. The summed E-state index contributed by atoms with van der Waals surface area (Å²) in [4.78, 5) is 15.2. The van der Waals surface area contributed by atoms with Gasteiger partial charge in [0.1, 0.15) is 6.10 Å². The smallest absolute Gasteiger partial charge is 0.339 e. The first kappa shape index (κ1) is 8.23. The number of hydrogen-bond donors (Lipinski definition) is 0. The zero-order valence-corrected chi connectivity index (χ0v) is 7.27. The highest BCUT2D eigenvalue weighted by Gasteiger charge is 2.22. The van der Waals surface area contributed by atoms with Crippen molar-refractivity contribution in [1.29, 1.82) is 0 Å². The van der Waals surface area contributed by atoms with E-state index in [1.165, 1.54) is 12.6 Å². The lowest BCUT2D eigenvalue weighted by atomic mass is 9.96. The molecule has 68 valence electrons. The molecule has 2 rings (SSSR count). The molecule has 0 unspecified atom stereocenters. The van der Waals surface area contributed by atoms with Crippen molar-refractivity contribution in [3.8, 4) is 0 Å². The number of ether oxygens (including phenoxy) is 1. The first-order chi connectivity index (χ1) is 6.36. The van der Waals surface area contributed by atoms with E-state index in [2.05, 4.69) is 4.98 Å². The Morgan fingerprint density at radius 1 is 1.54 bits per heavy atom. The standard InChI is InChI=1S/C10H11NO2/c12-10(13-9-4-1-5-9)8-3-2-6-11-7-8/h2-3,6-7,9H,1,4-5H2. The van der Waals surface area contributed by atoms with Crippen LogP contribution in [0.2, 0.25) is 0 Å². The zero-order valence-electron chi connectivity index (χ0n) is 7.27. The molecule has 0 N–H and O–H groups in total. The van der Waals surface area contributed by atoms with Crippen LogP contribution in [0.5, 0.6) is 0 Å². The summed E-state index contributed by atoms with van der Waals surface area (Å²) in [6.07, 6.45) is 6.50. The maximum atomic E-state index is 11.4. The molecule has 3 heteroatoms. The van der Waals surface area contributed by atoms with E-state index in [9.17, 15) is 4.79 Å². The minimum Gasteiger partial charge on any atom is -0.459 e. The van der Waals surface area contributed by atoms with Crippen LogP contribution in [0.3, 0.4) is 0 Å². The summed E-state index contributed by atoms with van der Waals surface area (Å²) in [5.41, 5.74) is 0.536. The number of pyridine rings is 1. The van der Waals surface area contributed by atoms with Crippen molar-refractivity contribution in [1.82, 2.24) is 4.98 Å². The molecule has 0 radical (unpaired) electrons. The highest BCUT2D eigenvalue weighted by molar-refractivity contribution is 5.89. The minimum atomic E-state index is -0.252. The van der Waals surface area contributed by atoms with Crippen LogP contribution in [0, 0.1) is 0 Å². The zero-order chi connectivity index (χ0) is 9.10. The highest BCUT2D eigenvalue weighted by atomic mass is 16.5. The number of aromatic nitrogens is 1. The monoisotopic (exact) mass is 177 g/mol. The molecule has 0 bridgehead atoms. The van der Waals surface area contributed by atoms with Gasteiger partial charge in [0.25, 0.3) is 0 Å². The summed E-state index contributed by atoms with van der Waals surface area (Å²) in [5, 5.41) is 0. The number of hydrogen-bond acceptors (Lipinski definition) is 3. The topological polar surface area (TPSA) is 39.2 Å². The molecule has 0 atom stereocenters. The molecule has 0 amide bonds. The molecular formula is C10H11NO2. The summed E-state index contributed by atoms with van der Waals surface area (Å²) in [6.45, 7) is 0. The van der Waals surface area contributed by atoms with E-state index >= 15 is 0 Å². The third kappa shape index (κ3) is 1.86. The van der Waals surface area contributed by atoms with E-state index in [0.717, 1.165) is 12.8 Å². The molecule has 1 saturated carbocycles. The first-order valence-electron chi connectivity index (χ1n) is 4.47. The van der Waals surface area contributed by atoms with Crippen molar-refractivity contribution in [3.05, 3.63) is 30.1 Å². The molecule has 1 aliphatic rings. The lowest BCUT2D eigenvalue weighted by Gasteiger charge is -2.24.